The lowest BCUT2D eigenvalue weighted by Crippen LogP contribution is -2.46. The van der Waals surface area contributed by atoms with Gasteiger partial charge in [-0.1, -0.05) is 0 Å². The van der Waals surface area contributed by atoms with E-state index in [4.69, 9.17) is 22.3 Å². The van der Waals surface area contributed by atoms with Crippen LogP contribution in [0.15, 0.2) is 0 Å². The van der Waals surface area contributed by atoms with Crippen molar-refractivity contribution in [2.75, 3.05) is 52.3 Å². The average molecular weight is 386 g/mol. The van der Waals surface area contributed by atoms with Crippen LogP contribution in [0.3, 0.4) is 0 Å². The molecule has 0 unspecified atom stereocenters. The molecule has 0 aromatic heterocycles. The maximum absolute atomic E-state index is 12.3. The van der Waals surface area contributed by atoms with Gasteiger partial charge in [-0.3, -0.25) is 4.57 Å². The molecule has 0 aliphatic rings. The average Bonchev–Trinajstić information content (AvgIpc) is 2.52. The van der Waals surface area contributed by atoms with Gasteiger partial charge in [0.25, 0.3) is 0 Å². The minimum Gasteiger partial charge on any atom is -0.374 e. The van der Waals surface area contributed by atoms with Crippen LogP contribution in [-0.4, -0.2) is 61.1 Å². The lowest BCUT2D eigenvalue weighted by molar-refractivity contribution is 0.0708. The molecule has 0 heterocycles. The minimum absolute atomic E-state index is 0.375. The van der Waals surface area contributed by atoms with E-state index < -0.39 is 16.4 Å². The fourth-order valence-corrected chi connectivity index (χ4v) is 6.50. The number of hydrogen-bond donors (Lipinski definition) is 1. The molecule has 0 aromatic carbocycles. The Morgan fingerprint density at radius 2 is 1.29 bits per heavy atom. The number of nitrogens with one attached hydrogen (secondary N) is 1. The highest BCUT2D eigenvalue weighted by atomic mass is 31.2. The molecule has 0 fully saturated rings. The summed E-state index contributed by atoms with van der Waals surface area (Å²) in [6, 6.07) is 0.768. The molecular formula is C15H36NO6PSi. The summed E-state index contributed by atoms with van der Waals surface area (Å²) in [5.41, 5.74) is 0. The standard InChI is InChI=1S/C15H36NO6PSi/c1-6-18-23(17,19-7-2)14-13-16-12-11-15-24(20-8-3,21-9-4)22-10-5/h16H,6-15H2,1-5H3. The molecule has 0 saturated heterocycles. The van der Waals surface area contributed by atoms with Gasteiger partial charge >= 0.3 is 16.4 Å². The Labute approximate surface area is 148 Å². The van der Waals surface area contributed by atoms with Crippen LogP contribution in [0.2, 0.25) is 6.04 Å². The van der Waals surface area contributed by atoms with E-state index in [0.29, 0.717) is 45.7 Å². The SMILES string of the molecule is CCO[Si](CCCNCCP(=O)(OCC)OCC)(OCC)OCC. The van der Waals surface area contributed by atoms with Crippen molar-refractivity contribution in [3.05, 3.63) is 0 Å². The van der Waals surface area contributed by atoms with Gasteiger partial charge < -0.3 is 27.6 Å². The van der Waals surface area contributed by atoms with E-state index in [1.54, 1.807) is 0 Å². The fraction of sp³-hybridized carbons (Fsp3) is 1.00. The van der Waals surface area contributed by atoms with E-state index in [1.807, 2.05) is 34.6 Å². The Morgan fingerprint density at radius 1 is 0.792 bits per heavy atom. The molecule has 0 aromatic rings. The van der Waals surface area contributed by atoms with Gasteiger partial charge in [-0.15, -0.1) is 0 Å². The summed E-state index contributed by atoms with van der Waals surface area (Å²) in [5.74, 6) is 0. The van der Waals surface area contributed by atoms with E-state index in [1.165, 1.54) is 0 Å². The lowest BCUT2D eigenvalue weighted by Gasteiger charge is -2.28. The van der Waals surface area contributed by atoms with E-state index in [-0.39, 0.29) is 0 Å². The van der Waals surface area contributed by atoms with Crippen molar-refractivity contribution < 1.29 is 26.9 Å². The van der Waals surface area contributed by atoms with Gasteiger partial charge in [0.2, 0.25) is 0 Å². The first-order valence-electron chi connectivity index (χ1n) is 9.02. The van der Waals surface area contributed by atoms with Crippen LogP contribution in [0, 0.1) is 0 Å². The van der Waals surface area contributed by atoms with Crippen LogP contribution in [0.4, 0.5) is 0 Å². The lowest BCUT2D eigenvalue weighted by atomic mass is 10.5. The first-order valence-corrected chi connectivity index (χ1v) is 12.7. The van der Waals surface area contributed by atoms with Gasteiger partial charge in [-0.05, 0) is 47.6 Å². The smallest absolute Gasteiger partial charge is 0.374 e. The normalized spacial score (nSPS) is 12.7. The van der Waals surface area contributed by atoms with Crippen molar-refractivity contribution in [2.45, 2.75) is 47.1 Å². The highest BCUT2D eigenvalue weighted by Crippen LogP contribution is 2.47. The van der Waals surface area contributed by atoms with Crippen LogP contribution >= 0.6 is 7.60 Å². The summed E-state index contributed by atoms with van der Waals surface area (Å²) in [6.07, 6.45) is 1.25. The van der Waals surface area contributed by atoms with E-state index in [0.717, 1.165) is 19.0 Å². The Bertz CT molecular complexity index is 321. The van der Waals surface area contributed by atoms with Crippen LogP contribution in [-0.2, 0) is 26.9 Å². The molecular weight excluding hydrogens is 349 g/mol. The molecule has 0 bridgehead atoms. The second kappa shape index (κ2) is 14.4. The number of rotatable bonds is 17. The molecule has 7 nitrogen and oxygen atoms in total. The van der Waals surface area contributed by atoms with Gasteiger partial charge in [0, 0.05) is 32.4 Å². The highest BCUT2D eigenvalue weighted by Gasteiger charge is 2.39. The number of hydrogen-bond acceptors (Lipinski definition) is 7. The van der Waals surface area contributed by atoms with Crippen molar-refractivity contribution in [3.63, 3.8) is 0 Å². The molecule has 24 heavy (non-hydrogen) atoms. The fourth-order valence-electron chi connectivity index (χ4n) is 2.33. The molecule has 0 amide bonds. The minimum atomic E-state index is -2.96. The summed E-state index contributed by atoms with van der Waals surface area (Å²) >= 11 is 0. The molecule has 0 aliphatic carbocycles. The van der Waals surface area contributed by atoms with Crippen molar-refractivity contribution >= 4 is 16.4 Å². The molecule has 0 rings (SSSR count). The Kier molecular flexibility index (Phi) is 14.5. The van der Waals surface area contributed by atoms with Crippen molar-refractivity contribution in [1.29, 1.82) is 0 Å². The van der Waals surface area contributed by atoms with E-state index in [9.17, 15) is 4.57 Å². The van der Waals surface area contributed by atoms with E-state index >= 15 is 0 Å². The molecule has 0 radical (unpaired) electrons. The van der Waals surface area contributed by atoms with Gasteiger partial charge in [0.1, 0.15) is 0 Å². The van der Waals surface area contributed by atoms with Crippen LogP contribution in [0.1, 0.15) is 41.0 Å². The van der Waals surface area contributed by atoms with Gasteiger partial charge in [-0.25, -0.2) is 0 Å². The van der Waals surface area contributed by atoms with Gasteiger partial charge in [-0.2, -0.15) is 0 Å². The molecule has 0 spiro atoms. The zero-order chi connectivity index (χ0) is 18.3. The van der Waals surface area contributed by atoms with E-state index in [2.05, 4.69) is 5.32 Å². The monoisotopic (exact) mass is 385 g/mol. The summed E-state index contributed by atoms with van der Waals surface area (Å²) in [5, 5.41) is 3.28. The van der Waals surface area contributed by atoms with Crippen LogP contribution in [0.5, 0.6) is 0 Å². The largest absolute Gasteiger partial charge is 0.500 e. The van der Waals surface area contributed by atoms with Crippen molar-refractivity contribution in [3.8, 4) is 0 Å². The molecule has 0 atom stereocenters. The second-order valence-electron chi connectivity index (χ2n) is 5.01. The molecule has 0 aliphatic heterocycles. The Hall–Kier alpha value is 0.207. The quantitative estimate of drug-likeness (QED) is 0.234. The zero-order valence-electron chi connectivity index (χ0n) is 16.0. The molecule has 9 heteroatoms. The Morgan fingerprint density at radius 3 is 1.71 bits per heavy atom. The van der Waals surface area contributed by atoms with Gasteiger partial charge in [0.15, 0.2) is 0 Å². The van der Waals surface area contributed by atoms with Crippen molar-refractivity contribution in [2.24, 2.45) is 0 Å². The molecule has 0 saturated carbocycles. The summed E-state index contributed by atoms with van der Waals surface area (Å²) < 4.78 is 40.3. The third-order valence-electron chi connectivity index (χ3n) is 3.14. The predicted molar refractivity (Wildman–Crippen MR) is 98.7 cm³/mol. The van der Waals surface area contributed by atoms with Crippen LogP contribution in [0.25, 0.3) is 0 Å². The van der Waals surface area contributed by atoms with Gasteiger partial charge in [0.05, 0.1) is 19.4 Å². The predicted octanol–water partition coefficient (Wildman–Crippen LogP) is 3.28. The molecule has 146 valence electrons. The third-order valence-corrected chi connectivity index (χ3v) is 8.37. The highest BCUT2D eigenvalue weighted by molar-refractivity contribution is 7.53. The molecule has 1 N–H and O–H groups in total. The maximum atomic E-state index is 12.3. The van der Waals surface area contributed by atoms with Crippen molar-refractivity contribution in [1.82, 2.24) is 5.32 Å². The first kappa shape index (κ1) is 24.2. The maximum Gasteiger partial charge on any atom is 0.500 e. The first-order chi connectivity index (χ1) is 11.5. The summed E-state index contributed by atoms with van der Waals surface area (Å²) in [4.78, 5) is 0. The van der Waals surface area contributed by atoms with Crippen LogP contribution < -0.4 is 5.32 Å². The summed E-state index contributed by atoms with van der Waals surface area (Å²) in [6.45, 7) is 13.4. The topological polar surface area (TPSA) is 75.3 Å². The zero-order valence-corrected chi connectivity index (χ0v) is 17.9. The second-order valence-corrected chi connectivity index (χ2v) is 9.92. The third kappa shape index (κ3) is 10.3. The summed E-state index contributed by atoms with van der Waals surface area (Å²) in [7, 11) is -5.52. The Balaban J connectivity index is 4.18.